The molecule has 0 bridgehead atoms. The number of pyridine rings is 1. The van der Waals surface area contributed by atoms with Gasteiger partial charge in [0.25, 0.3) is 0 Å². The molecule has 11 nitrogen and oxygen atoms in total. The quantitative estimate of drug-likeness (QED) is 0.0947. The normalized spacial score (nSPS) is 10.8. The van der Waals surface area contributed by atoms with Crippen LogP contribution in [0, 0.1) is 15.9 Å². The number of hydrogen-bond acceptors (Lipinski definition) is 9. The molecule has 1 aromatic carbocycles. The minimum atomic E-state index is -1.05. The number of rotatable bonds is 6. The molecule has 16 heteroatoms. The van der Waals surface area contributed by atoms with Crippen LogP contribution in [0.15, 0.2) is 48.9 Å². The van der Waals surface area contributed by atoms with E-state index in [-0.39, 0.29) is 36.5 Å². The van der Waals surface area contributed by atoms with Gasteiger partial charge in [0, 0.05) is 30.1 Å². The van der Waals surface area contributed by atoms with Gasteiger partial charge in [0.05, 0.1) is 42.2 Å². The molecule has 0 aliphatic carbocycles. The summed E-state index contributed by atoms with van der Waals surface area (Å²) in [6.07, 6.45) is 4.53. The number of nitrogens with zero attached hydrogens (tertiary/aromatic N) is 5. The zero-order chi connectivity index (χ0) is 26.4. The number of nitrogens with one attached hydrogen (secondary N) is 1. The predicted octanol–water partition coefficient (Wildman–Crippen LogP) is 6.92. The van der Waals surface area contributed by atoms with Crippen molar-refractivity contribution in [3.63, 3.8) is 0 Å². The molecule has 0 radical (unpaired) electrons. The first-order valence-corrected chi connectivity index (χ1v) is 28.4. The number of methoxy groups -OCH3 is 2. The number of nitro benzene ring substituents is 1. The Morgan fingerprint density at radius 3 is 2.58 bits per heavy atom. The Kier molecular flexibility index (Phi) is 10.6. The molecule has 36 heavy (non-hydrogen) atoms. The van der Waals surface area contributed by atoms with Crippen molar-refractivity contribution in [1.29, 1.82) is 0 Å². The van der Waals surface area contributed by atoms with Crippen LogP contribution in [-0.4, -0.2) is 44.7 Å². The van der Waals surface area contributed by atoms with Crippen LogP contribution in [0.3, 0.4) is 0 Å². The van der Waals surface area contributed by atoms with E-state index in [0.29, 0.717) is 11.1 Å². The molecule has 0 aliphatic rings. The first-order chi connectivity index (χ1) is 17.2. The summed E-state index contributed by atoms with van der Waals surface area (Å²) >= 11 is 7.42. The summed E-state index contributed by atoms with van der Waals surface area (Å²) in [4.78, 5) is 31.1. The first kappa shape index (κ1) is 28.9. The van der Waals surface area contributed by atoms with Crippen molar-refractivity contribution < 1.29 is 23.6 Å². The molecule has 1 N–H and O–H groups in total. The molecule has 4 aromatic rings. The fourth-order valence-electron chi connectivity index (χ4n) is 3.09. The van der Waals surface area contributed by atoms with E-state index in [4.69, 9.17) is 9.47 Å². The number of anilines is 2. The van der Waals surface area contributed by atoms with Crippen LogP contribution in [0.1, 0.15) is 10.4 Å². The van der Waals surface area contributed by atoms with Gasteiger partial charge in [-0.1, -0.05) is 6.07 Å². The average Bonchev–Trinajstić information content (AvgIpc) is 3.28. The maximum atomic E-state index is 13.9. The molecule has 190 valence electrons. The van der Waals surface area contributed by atoms with E-state index >= 15 is 0 Å². The monoisotopic (exact) mass is 946 g/mol. The third kappa shape index (κ3) is 6.99. The molecule has 3 aromatic heterocycles. The Balaban J connectivity index is 0.000000840. The number of nitro groups is 1. The van der Waals surface area contributed by atoms with Crippen LogP contribution in [-0.2, 0) is 4.74 Å². The molecule has 0 amide bonds. The molecule has 0 atom stereocenters. The Labute approximate surface area is 240 Å². The standard InChI is InChI=1S/C20H15FN6O5.I4/c1-31-17-7-13(21)16(27(29)30)8-14(17)24-20-22-9-12(19(28)32-2)18(25-20)11-10-23-26-6-4-3-5-15(11)26;1-4(2)3/h3-10H,1-2H3,(H,22,24,25);. The van der Waals surface area contributed by atoms with E-state index in [1.54, 1.807) is 28.9 Å². The molecule has 0 unspecified atom stereocenters. The van der Waals surface area contributed by atoms with Gasteiger partial charge in [-0.3, -0.25) is 10.1 Å². The second-order valence-electron chi connectivity index (χ2n) is 6.58. The predicted molar refractivity (Wildman–Crippen MR) is 167 cm³/mol. The molecular weight excluding hydrogens is 931 g/mol. The number of halogens is 5. The number of aromatic nitrogens is 4. The van der Waals surface area contributed by atoms with Crippen molar-refractivity contribution in [1.82, 2.24) is 19.6 Å². The summed E-state index contributed by atoms with van der Waals surface area (Å²) in [6, 6.07) is 7.26. The number of benzene rings is 1. The Hall–Kier alpha value is -1.69. The summed E-state index contributed by atoms with van der Waals surface area (Å²) in [5, 5.41) is 18.2. The van der Waals surface area contributed by atoms with Gasteiger partial charge in [-0.25, -0.2) is 19.3 Å². The Morgan fingerprint density at radius 1 is 1.22 bits per heavy atom. The zero-order valence-corrected chi connectivity index (χ0v) is 26.9. The second kappa shape index (κ2) is 13.2. The van der Waals surface area contributed by atoms with Gasteiger partial charge in [-0.05, 0) is 12.1 Å². The zero-order valence-electron chi connectivity index (χ0n) is 18.3. The molecule has 0 fully saturated rings. The average molecular weight is 946 g/mol. The molecule has 0 aliphatic heterocycles. The molecule has 4 rings (SSSR count). The summed E-state index contributed by atoms with van der Waals surface area (Å²) in [6.45, 7) is 0. The Bertz CT molecular complexity index is 1420. The number of carbonyl (C=O) groups is 1. The van der Waals surface area contributed by atoms with Gasteiger partial charge >= 0.3 is 75.4 Å². The fraction of sp³-hybridized carbons (Fsp3) is 0.100. The van der Waals surface area contributed by atoms with E-state index in [0.717, 1.165) is 12.1 Å². The molecule has 0 spiro atoms. The van der Waals surface area contributed by atoms with Crippen LogP contribution in [0.25, 0.3) is 16.8 Å². The number of fused-ring (bicyclic) bond motifs is 1. The third-order valence-electron chi connectivity index (χ3n) is 4.59. The van der Waals surface area contributed by atoms with E-state index in [1.807, 2.05) is 0 Å². The molecule has 0 saturated carbocycles. The summed E-state index contributed by atoms with van der Waals surface area (Å²) in [5.41, 5.74) is 0.852. The fourth-order valence-corrected chi connectivity index (χ4v) is 3.09. The number of esters is 1. The van der Waals surface area contributed by atoms with E-state index in [2.05, 4.69) is 76.2 Å². The summed E-state index contributed by atoms with van der Waals surface area (Å²) in [7, 11) is 2.17. The van der Waals surface area contributed by atoms with E-state index in [9.17, 15) is 19.3 Å². The summed E-state index contributed by atoms with van der Waals surface area (Å²) in [5.74, 6) is -1.71. The second-order valence-corrected chi connectivity index (χ2v) is 55.3. The van der Waals surface area contributed by atoms with Crippen molar-refractivity contribution in [2.24, 2.45) is 0 Å². The van der Waals surface area contributed by atoms with Gasteiger partial charge in [-0.15, -0.1) is 0 Å². The topological polar surface area (TPSA) is 134 Å². The van der Waals surface area contributed by atoms with Gasteiger partial charge in [-0.2, -0.15) is 9.49 Å². The van der Waals surface area contributed by atoms with Crippen LogP contribution >= 0.6 is 63.7 Å². The molecule has 3 heterocycles. The van der Waals surface area contributed by atoms with Crippen molar-refractivity contribution in [3.8, 4) is 17.0 Å². The minimum absolute atomic E-state index is 0.00581. The number of hydrogen-bond donors (Lipinski definition) is 1. The van der Waals surface area contributed by atoms with Crippen molar-refractivity contribution >= 4 is 92.6 Å². The van der Waals surface area contributed by atoms with Crippen molar-refractivity contribution in [2.75, 3.05) is 19.5 Å². The molecule has 0 saturated heterocycles. The van der Waals surface area contributed by atoms with Crippen LogP contribution in [0.4, 0.5) is 21.7 Å². The third-order valence-corrected chi connectivity index (χ3v) is 4.59. The van der Waals surface area contributed by atoms with Gasteiger partial charge in [0.2, 0.25) is 11.8 Å². The van der Waals surface area contributed by atoms with Gasteiger partial charge in [0.1, 0.15) is 11.3 Å². The number of ether oxygens (including phenoxy) is 2. The van der Waals surface area contributed by atoms with Crippen LogP contribution in [0.5, 0.6) is 5.75 Å². The van der Waals surface area contributed by atoms with Crippen LogP contribution in [0.2, 0.25) is 0 Å². The van der Waals surface area contributed by atoms with Crippen molar-refractivity contribution in [3.05, 3.63) is 70.4 Å². The Morgan fingerprint density at radius 2 is 1.94 bits per heavy atom. The summed E-state index contributed by atoms with van der Waals surface area (Å²) < 4.78 is 25.5. The first-order valence-electron chi connectivity index (χ1n) is 9.52. The van der Waals surface area contributed by atoms with E-state index < -0.39 is 22.4 Å². The van der Waals surface area contributed by atoms with Gasteiger partial charge in [0.15, 0.2) is 0 Å². The van der Waals surface area contributed by atoms with Crippen LogP contribution < -0.4 is 10.1 Å². The number of carbonyl (C=O) groups excluding carboxylic acids is 1. The van der Waals surface area contributed by atoms with Gasteiger partial charge < -0.3 is 14.8 Å². The SMILES string of the molecule is COC(=O)c1cnc(Nc2cc([N+](=O)[O-])c(F)cc2OC)nc1-c1cnn2ccccc12.II(I)I. The molecular formula is C20H15FI4N6O5. The van der Waals surface area contributed by atoms with E-state index in [1.165, 1.54) is 26.6 Å². The van der Waals surface area contributed by atoms with Crippen molar-refractivity contribution in [2.45, 2.75) is 0 Å². The maximum absolute atomic E-state index is 13.9.